The van der Waals surface area contributed by atoms with Crippen molar-refractivity contribution in [2.45, 2.75) is 6.04 Å². The van der Waals surface area contributed by atoms with Crippen molar-refractivity contribution in [3.63, 3.8) is 0 Å². The maximum atomic E-state index is 4.69. The van der Waals surface area contributed by atoms with E-state index in [9.17, 15) is 0 Å². The summed E-state index contributed by atoms with van der Waals surface area (Å²) in [6, 6.07) is 13.6. The van der Waals surface area contributed by atoms with Crippen molar-refractivity contribution >= 4 is 16.7 Å². The standard InChI is InChI=1S/C18H18N4/c1-3-16-13(5-6-19-16)7-12(1)14-2-4-18(21-8-14)22-10-15-9-20-17(15)11-22/h1-8,15,17,19-20H,9-11H2/t15-,17?/m0/s1. The number of aromatic amines is 1. The van der Waals surface area contributed by atoms with Gasteiger partial charge in [-0.25, -0.2) is 4.98 Å². The van der Waals surface area contributed by atoms with Crippen LogP contribution in [-0.2, 0) is 0 Å². The lowest BCUT2D eigenvalue weighted by Crippen LogP contribution is -2.51. The highest BCUT2D eigenvalue weighted by atomic mass is 15.3. The summed E-state index contributed by atoms with van der Waals surface area (Å²) < 4.78 is 0. The van der Waals surface area contributed by atoms with E-state index in [0.29, 0.717) is 6.04 Å². The van der Waals surface area contributed by atoms with Crippen LogP contribution in [0.2, 0.25) is 0 Å². The van der Waals surface area contributed by atoms with E-state index < -0.39 is 0 Å². The number of rotatable bonds is 2. The first-order chi connectivity index (χ1) is 10.9. The largest absolute Gasteiger partial charge is 0.361 e. The second kappa shape index (κ2) is 4.58. The van der Waals surface area contributed by atoms with Crippen LogP contribution < -0.4 is 10.2 Å². The molecule has 22 heavy (non-hydrogen) atoms. The predicted molar refractivity (Wildman–Crippen MR) is 89.0 cm³/mol. The molecule has 2 aromatic heterocycles. The van der Waals surface area contributed by atoms with Gasteiger partial charge in [0.1, 0.15) is 5.82 Å². The van der Waals surface area contributed by atoms with Crippen LogP contribution in [-0.4, -0.2) is 35.6 Å². The first kappa shape index (κ1) is 12.2. The number of fused-ring (bicyclic) bond motifs is 2. The Morgan fingerprint density at radius 3 is 2.73 bits per heavy atom. The number of hydrogen-bond donors (Lipinski definition) is 2. The molecule has 2 aliphatic heterocycles. The molecule has 0 amide bonds. The second-order valence-corrected chi connectivity index (χ2v) is 6.36. The van der Waals surface area contributed by atoms with Gasteiger partial charge in [-0.1, -0.05) is 6.07 Å². The Bertz CT molecular complexity index is 808. The Labute approximate surface area is 129 Å². The molecule has 4 nitrogen and oxygen atoms in total. The van der Waals surface area contributed by atoms with Crippen LogP contribution in [0, 0.1) is 5.92 Å². The molecule has 2 aliphatic rings. The number of hydrogen-bond acceptors (Lipinski definition) is 3. The molecule has 1 aromatic carbocycles. The highest BCUT2D eigenvalue weighted by Crippen LogP contribution is 2.29. The maximum Gasteiger partial charge on any atom is 0.128 e. The molecule has 0 spiro atoms. The van der Waals surface area contributed by atoms with E-state index in [0.717, 1.165) is 31.4 Å². The quantitative estimate of drug-likeness (QED) is 0.762. The van der Waals surface area contributed by atoms with Crippen molar-refractivity contribution in [1.29, 1.82) is 0 Å². The van der Waals surface area contributed by atoms with Crippen LogP contribution in [0.1, 0.15) is 0 Å². The van der Waals surface area contributed by atoms with Gasteiger partial charge >= 0.3 is 0 Å². The summed E-state index contributed by atoms with van der Waals surface area (Å²) >= 11 is 0. The van der Waals surface area contributed by atoms with Crippen molar-refractivity contribution < 1.29 is 0 Å². The molecule has 0 aliphatic carbocycles. The molecule has 0 bridgehead atoms. The van der Waals surface area contributed by atoms with Crippen LogP contribution in [0.3, 0.4) is 0 Å². The topological polar surface area (TPSA) is 44.0 Å². The summed E-state index contributed by atoms with van der Waals surface area (Å²) in [5, 5.41) is 4.73. The molecule has 4 heterocycles. The zero-order valence-electron chi connectivity index (χ0n) is 12.3. The molecule has 110 valence electrons. The van der Waals surface area contributed by atoms with Crippen LogP contribution in [0.25, 0.3) is 22.0 Å². The van der Waals surface area contributed by atoms with Crippen molar-refractivity contribution in [1.82, 2.24) is 15.3 Å². The fourth-order valence-corrected chi connectivity index (χ4v) is 3.62. The SMILES string of the molecule is c1cc2cc(-c3ccc(N4CC5NC[C@H]5C4)nc3)ccc2[nH]1. The zero-order chi connectivity index (χ0) is 14.5. The summed E-state index contributed by atoms with van der Waals surface area (Å²) in [7, 11) is 0. The van der Waals surface area contributed by atoms with Gasteiger partial charge in [0.25, 0.3) is 0 Å². The number of H-pyrrole nitrogens is 1. The van der Waals surface area contributed by atoms with Crippen LogP contribution >= 0.6 is 0 Å². The maximum absolute atomic E-state index is 4.69. The summed E-state index contributed by atoms with van der Waals surface area (Å²) in [6.45, 7) is 3.39. The molecule has 1 unspecified atom stereocenters. The van der Waals surface area contributed by atoms with E-state index in [1.807, 2.05) is 12.4 Å². The lowest BCUT2D eigenvalue weighted by molar-refractivity contribution is 0.297. The van der Waals surface area contributed by atoms with E-state index in [-0.39, 0.29) is 0 Å². The minimum absolute atomic E-state index is 0.678. The van der Waals surface area contributed by atoms with E-state index >= 15 is 0 Å². The number of nitrogens with zero attached hydrogens (tertiary/aromatic N) is 2. The Hall–Kier alpha value is -2.33. The third-order valence-corrected chi connectivity index (χ3v) is 5.04. The molecule has 0 saturated carbocycles. The Morgan fingerprint density at radius 2 is 2.00 bits per heavy atom. The van der Waals surface area contributed by atoms with E-state index in [4.69, 9.17) is 4.98 Å². The minimum Gasteiger partial charge on any atom is -0.361 e. The summed E-state index contributed by atoms with van der Waals surface area (Å²) in [4.78, 5) is 10.3. The van der Waals surface area contributed by atoms with E-state index in [1.54, 1.807) is 0 Å². The Balaban J connectivity index is 1.43. The number of aromatic nitrogens is 2. The van der Waals surface area contributed by atoms with Crippen molar-refractivity contribution in [3.05, 3.63) is 48.8 Å². The third kappa shape index (κ3) is 1.84. The molecule has 3 aromatic rings. The van der Waals surface area contributed by atoms with E-state index in [1.165, 1.54) is 22.0 Å². The van der Waals surface area contributed by atoms with Crippen molar-refractivity contribution in [2.24, 2.45) is 5.92 Å². The number of nitrogens with one attached hydrogen (secondary N) is 2. The molecular formula is C18H18N4. The molecule has 2 fully saturated rings. The molecule has 4 heteroatoms. The van der Waals surface area contributed by atoms with Gasteiger partial charge in [-0.05, 0) is 41.3 Å². The lowest BCUT2D eigenvalue weighted by Gasteiger charge is -2.29. The third-order valence-electron chi connectivity index (χ3n) is 5.04. The normalized spacial score (nSPS) is 23.5. The molecule has 2 atom stereocenters. The second-order valence-electron chi connectivity index (χ2n) is 6.36. The number of pyridine rings is 1. The summed E-state index contributed by atoms with van der Waals surface area (Å²) in [5.74, 6) is 1.92. The average Bonchev–Trinajstić information content (AvgIpc) is 3.12. The highest BCUT2D eigenvalue weighted by Gasteiger charge is 2.39. The van der Waals surface area contributed by atoms with Crippen LogP contribution in [0.15, 0.2) is 48.8 Å². The molecule has 0 radical (unpaired) electrons. The monoisotopic (exact) mass is 290 g/mol. The van der Waals surface area contributed by atoms with Crippen LogP contribution in [0.4, 0.5) is 5.82 Å². The first-order valence-corrected chi connectivity index (χ1v) is 7.89. The van der Waals surface area contributed by atoms with Crippen molar-refractivity contribution in [3.8, 4) is 11.1 Å². The lowest BCUT2D eigenvalue weighted by atomic mass is 9.96. The van der Waals surface area contributed by atoms with Gasteiger partial charge in [0.2, 0.25) is 0 Å². The molecular weight excluding hydrogens is 272 g/mol. The van der Waals surface area contributed by atoms with Gasteiger partial charge in [0.15, 0.2) is 0 Å². The first-order valence-electron chi connectivity index (χ1n) is 7.89. The van der Waals surface area contributed by atoms with Gasteiger partial charge in [0.05, 0.1) is 0 Å². The minimum atomic E-state index is 0.678. The fraction of sp³-hybridized carbons (Fsp3) is 0.278. The smallest absolute Gasteiger partial charge is 0.128 e. The fourth-order valence-electron chi connectivity index (χ4n) is 3.62. The average molecular weight is 290 g/mol. The van der Waals surface area contributed by atoms with Gasteiger partial charge < -0.3 is 15.2 Å². The zero-order valence-corrected chi connectivity index (χ0v) is 12.3. The van der Waals surface area contributed by atoms with Gasteiger partial charge in [-0.2, -0.15) is 0 Å². The summed E-state index contributed by atoms with van der Waals surface area (Å²) in [6.07, 6.45) is 3.97. The highest BCUT2D eigenvalue weighted by molar-refractivity contribution is 5.84. The van der Waals surface area contributed by atoms with Gasteiger partial charge in [-0.15, -0.1) is 0 Å². The van der Waals surface area contributed by atoms with Crippen LogP contribution in [0.5, 0.6) is 0 Å². The number of anilines is 1. The molecule has 2 saturated heterocycles. The van der Waals surface area contributed by atoms with Crippen molar-refractivity contribution in [2.75, 3.05) is 24.5 Å². The Kier molecular flexibility index (Phi) is 2.55. The van der Waals surface area contributed by atoms with Gasteiger partial charge in [-0.3, -0.25) is 0 Å². The molecule has 5 rings (SSSR count). The van der Waals surface area contributed by atoms with Gasteiger partial charge in [0, 0.05) is 55.1 Å². The summed E-state index contributed by atoms with van der Waals surface area (Å²) in [5.41, 5.74) is 3.56. The predicted octanol–water partition coefficient (Wildman–Crippen LogP) is 2.64. The Morgan fingerprint density at radius 1 is 1.05 bits per heavy atom. The number of benzene rings is 1. The molecule has 2 N–H and O–H groups in total. The van der Waals surface area contributed by atoms with E-state index in [2.05, 4.69) is 51.6 Å².